The van der Waals surface area contributed by atoms with E-state index in [1.54, 1.807) is 12.1 Å². The SMILES string of the molecule is CC1=CC(=O)CC(C)(C)C1CC[C@]1(C)C=Cc2cc(O)ccc2O1. The summed E-state index contributed by atoms with van der Waals surface area (Å²) in [7, 11) is 0. The number of carbonyl (C=O) groups excluding carboxylic acids is 1. The van der Waals surface area contributed by atoms with Gasteiger partial charge in [0.2, 0.25) is 0 Å². The minimum absolute atomic E-state index is 0.00560. The third-order valence-electron chi connectivity index (χ3n) is 5.39. The lowest BCUT2D eigenvalue weighted by atomic mass is 9.66. The first-order chi connectivity index (χ1) is 11.2. The fraction of sp³-hybridized carbons (Fsp3) is 0.476. The molecule has 128 valence electrons. The first-order valence-electron chi connectivity index (χ1n) is 8.61. The van der Waals surface area contributed by atoms with Crippen LogP contribution < -0.4 is 4.74 Å². The maximum atomic E-state index is 11.8. The Labute approximate surface area is 144 Å². The zero-order valence-corrected chi connectivity index (χ0v) is 14.9. The van der Waals surface area contributed by atoms with Crippen molar-refractivity contribution in [1.82, 2.24) is 0 Å². The molecule has 24 heavy (non-hydrogen) atoms. The number of hydrogen-bond acceptors (Lipinski definition) is 3. The van der Waals surface area contributed by atoms with Gasteiger partial charge in [0.25, 0.3) is 0 Å². The number of ketones is 1. The van der Waals surface area contributed by atoms with Crippen molar-refractivity contribution < 1.29 is 14.6 Å². The van der Waals surface area contributed by atoms with E-state index in [1.165, 1.54) is 5.57 Å². The van der Waals surface area contributed by atoms with Crippen molar-refractivity contribution in [2.45, 2.75) is 52.6 Å². The van der Waals surface area contributed by atoms with Gasteiger partial charge in [0, 0.05) is 12.0 Å². The van der Waals surface area contributed by atoms with Crippen LogP contribution in [-0.2, 0) is 4.79 Å². The summed E-state index contributed by atoms with van der Waals surface area (Å²) in [6.07, 6.45) is 8.40. The van der Waals surface area contributed by atoms with E-state index in [0.29, 0.717) is 12.3 Å². The average Bonchev–Trinajstić information content (AvgIpc) is 2.45. The average molecular weight is 326 g/mol. The molecule has 1 aliphatic heterocycles. The number of phenols is 1. The Morgan fingerprint density at radius 3 is 2.75 bits per heavy atom. The molecule has 0 saturated carbocycles. The zero-order valence-electron chi connectivity index (χ0n) is 14.9. The van der Waals surface area contributed by atoms with E-state index in [1.807, 2.05) is 18.2 Å². The standard InChI is InChI=1S/C21H26O3/c1-14-11-17(23)13-20(2,3)18(14)8-10-21(4)9-7-15-12-16(22)5-6-19(15)24-21/h5-7,9,11-12,18,22H,8,10,13H2,1-4H3/t18?,21-/m0/s1. The van der Waals surface area contributed by atoms with Crippen LogP contribution in [0.1, 0.15) is 52.5 Å². The molecular weight excluding hydrogens is 300 g/mol. The first-order valence-corrected chi connectivity index (χ1v) is 8.61. The molecule has 0 spiro atoms. The second-order valence-corrected chi connectivity index (χ2v) is 8.08. The highest BCUT2D eigenvalue weighted by Crippen LogP contribution is 2.44. The number of rotatable bonds is 3. The second kappa shape index (κ2) is 5.80. The molecule has 0 saturated heterocycles. The Kier molecular flexibility index (Phi) is 4.06. The van der Waals surface area contributed by atoms with Crippen molar-refractivity contribution in [3.63, 3.8) is 0 Å². The number of carbonyl (C=O) groups is 1. The highest BCUT2D eigenvalue weighted by molar-refractivity contribution is 5.91. The summed E-state index contributed by atoms with van der Waals surface area (Å²) in [4.78, 5) is 11.8. The number of benzene rings is 1. The fourth-order valence-corrected chi connectivity index (χ4v) is 4.09. The quantitative estimate of drug-likeness (QED) is 0.859. The van der Waals surface area contributed by atoms with E-state index in [-0.39, 0.29) is 22.5 Å². The van der Waals surface area contributed by atoms with Crippen LogP contribution in [0.15, 0.2) is 35.9 Å². The van der Waals surface area contributed by atoms with Crippen LogP contribution in [-0.4, -0.2) is 16.5 Å². The molecular formula is C21H26O3. The number of phenolic OH excluding ortho intramolecular Hbond substituents is 1. The van der Waals surface area contributed by atoms with Crippen LogP contribution in [0.5, 0.6) is 11.5 Å². The van der Waals surface area contributed by atoms with E-state index < -0.39 is 0 Å². The van der Waals surface area contributed by atoms with E-state index in [2.05, 4.69) is 33.8 Å². The molecule has 0 radical (unpaired) electrons. The van der Waals surface area contributed by atoms with Gasteiger partial charge >= 0.3 is 0 Å². The third-order valence-corrected chi connectivity index (χ3v) is 5.39. The summed E-state index contributed by atoms with van der Waals surface area (Å²) in [6.45, 7) is 8.54. The smallest absolute Gasteiger partial charge is 0.156 e. The lowest BCUT2D eigenvalue weighted by Crippen LogP contribution is -2.36. The van der Waals surface area contributed by atoms with Gasteiger partial charge in [-0.1, -0.05) is 25.5 Å². The summed E-state index contributed by atoms with van der Waals surface area (Å²) in [6, 6.07) is 5.19. The molecule has 2 atom stereocenters. The molecule has 1 N–H and O–H groups in total. The van der Waals surface area contributed by atoms with Crippen molar-refractivity contribution in [3.8, 4) is 11.5 Å². The van der Waals surface area contributed by atoms with Crippen molar-refractivity contribution in [1.29, 1.82) is 0 Å². The molecule has 1 aliphatic carbocycles. The maximum Gasteiger partial charge on any atom is 0.156 e. The predicted molar refractivity (Wildman–Crippen MR) is 96.1 cm³/mol. The Morgan fingerprint density at radius 1 is 1.29 bits per heavy atom. The van der Waals surface area contributed by atoms with Crippen LogP contribution >= 0.6 is 0 Å². The van der Waals surface area contributed by atoms with Gasteiger partial charge in [-0.2, -0.15) is 0 Å². The van der Waals surface area contributed by atoms with Gasteiger partial charge in [-0.15, -0.1) is 0 Å². The molecule has 1 aromatic rings. The van der Waals surface area contributed by atoms with Crippen LogP contribution in [0.25, 0.3) is 6.08 Å². The molecule has 0 bridgehead atoms. The lowest BCUT2D eigenvalue weighted by Gasteiger charge is -2.40. The fourth-order valence-electron chi connectivity index (χ4n) is 4.09. The van der Waals surface area contributed by atoms with Gasteiger partial charge < -0.3 is 9.84 Å². The highest BCUT2D eigenvalue weighted by atomic mass is 16.5. The number of hydrogen-bond donors (Lipinski definition) is 1. The Balaban J connectivity index is 1.74. The summed E-state index contributed by atoms with van der Waals surface area (Å²) < 4.78 is 6.21. The van der Waals surface area contributed by atoms with Gasteiger partial charge in [0.1, 0.15) is 17.1 Å². The summed E-state index contributed by atoms with van der Waals surface area (Å²) >= 11 is 0. The zero-order chi connectivity index (χ0) is 17.5. The number of allylic oxidation sites excluding steroid dienone is 2. The second-order valence-electron chi connectivity index (χ2n) is 8.08. The van der Waals surface area contributed by atoms with E-state index in [0.717, 1.165) is 24.2 Å². The predicted octanol–water partition coefficient (Wildman–Crippen LogP) is 4.90. The van der Waals surface area contributed by atoms with Gasteiger partial charge in [-0.25, -0.2) is 0 Å². The minimum Gasteiger partial charge on any atom is -0.508 e. The largest absolute Gasteiger partial charge is 0.508 e. The topological polar surface area (TPSA) is 46.5 Å². The molecule has 0 aromatic heterocycles. The Bertz CT molecular complexity index is 727. The van der Waals surface area contributed by atoms with Gasteiger partial charge in [-0.05, 0) is 68.4 Å². The van der Waals surface area contributed by atoms with Crippen molar-refractivity contribution >= 4 is 11.9 Å². The third kappa shape index (κ3) is 3.26. The molecule has 1 aromatic carbocycles. The van der Waals surface area contributed by atoms with Crippen LogP contribution in [0.3, 0.4) is 0 Å². The number of fused-ring (bicyclic) bond motifs is 1. The molecule has 2 aliphatic rings. The maximum absolute atomic E-state index is 11.8. The number of aromatic hydroxyl groups is 1. The monoisotopic (exact) mass is 326 g/mol. The normalized spacial score (nSPS) is 28.1. The minimum atomic E-state index is -0.359. The van der Waals surface area contributed by atoms with Gasteiger partial charge in [-0.3, -0.25) is 4.79 Å². The molecule has 3 rings (SSSR count). The van der Waals surface area contributed by atoms with Crippen molar-refractivity contribution in [2.24, 2.45) is 11.3 Å². The molecule has 0 amide bonds. The highest BCUT2D eigenvalue weighted by Gasteiger charge is 2.38. The summed E-state index contributed by atoms with van der Waals surface area (Å²) in [5.74, 6) is 1.69. The lowest BCUT2D eigenvalue weighted by molar-refractivity contribution is -0.117. The Hall–Kier alpha value is -2.03. The molecule has 3 heteroatoms. The van der Waals surface area contributed by atoms with Gasteiger partial charge in [0.05, 0.1) is 0 Å². The van der Waals surface area contributed by atoms with Gasteiger partial charge in [0.15, 0.2) is 5.78 Å². The van der Waals surface area contributed by atoms with E-state index >= 15 is 0 Å². The molecule has 0 fully saturated rings. The van der Waals surface area contributed by atoms with Crippen molar-refractivity contribution in [2.75, 3.05) is 0 Å². The molecule has 3 nitrogen and oxygen atoms in total. The summed E-state index contributed by atoms with van der Waals surface area (Å²) in [5.41, 5.74) is 1.73. The first kappa shape index (κ1) is 16.8. The molecule has 1 unspecified atom stereocenters. The van der Waals surface area contributed by atoms with Crippen molar-refractivity contribution in [3.05, 3.63) is 41.5 Å². The van der Waals surface area contributed by atoms with Crippen LogP contribution in [0.4, 0.5) is 0 Å². The number of ether oxygens (including phenoxy) is 1. The Morgan fingerprint density at radius 2 is 2.04 bits per heavy atom. The van der Waals surface area contributed by atoms with Crippen LogP contribution in [0.2, 0.25) is 0 Å². The van der Waals surface area contributed by atoms with E-state index in [4.69, 9.17) is 4.74 Å². The summed E-state index contributed by atoms with van der Waals surface area (Å²) in [5, 5.41) is 9.58. The van der Waals surface area contributed by atoms with Crippen LogP contribution in [0, 0.1) is 11.3 Å². The van der Waals surface area contributed by atoms with E-state index in [9.17, 15) is 9.90 Å². The molecule has 1 heterocycles.